The molecule has 8 heteroatoms. The number of carbonyl (C=O) groups is 1. The summed E-state index contributed by atoms with van der Waals surface area (Å²) in [5.74, 6) is -1.03. The minimum absolute atomic E-state index is 0.0170. The molecule has 1 saturated heterocycles. The van der Waals surface area contributed by atoms with Crippen LogP contribution >= 0.6 is 0 Å². The third-order valence-corrected chi connectivity index (χ3v) is 7.53. The van der Waals surface area contributed by atoms with Crippen LogP contribution in [0, 0.1) is 5.92 Å². The van der Waals surface area contributed by atoms with Gasteiger partial charge in [0, 0.05) is 32.3 Å². The van der Waals surface area contributed by atoms with E-state index >= 15 is 0 Å². The summed E-state index contributed by atoms with van der Waals surface area (Å²) in [6.07, 6.45) is 3.34. The predicted molar refractivity (Wildman–Crippen MR) is 136 cm³/mol. The summed E-state index contributed by atoms with van der Waals surface area (Å²) >= 11 is 0. The largest absolute Gasteiger partial charge is 0.481 e. The Balaban J connectivity index is 1.30. The van der Waals surface area contributed by atoms with Crippen molar-refractivity contribution in [1.29, 1.82) is 0 Å². The summed E-state index contributed by atoms with van der Waals surface area (Å²) in [5.41, 5.74) is 3.79. The number of aliphatic carboxylic acids is 1. The van der Waals surface area contributed by atoms with Crippen molar-refractivity contribution >= 4 is 12.2 Å². The fourth-order valence-corrected chi connectivity index (χ4v) is 5.40. The van der Waals surface area contributed by atoms with Gasteiger partial charge in [-0.1, -0.05) is 61.7 Å². The predicted octanol–water partition coefficient (Wildman–Crippen LogP) is 6.58. The fraction of sp³-hybridized carbons (Fsp3) is 0.517. The summed E-state index contributed by atoms with van der Waals surface area (Å²) in [4.78, 5) is 18.5. The third-order valence-electron chi connectivity index (χ3n) is 7.53. The van der Waals surface area contributed by atoms with Crippen molar-refractivity contribution in [3.63, 3.8) is 0 Å². The molecule has 2 aromatic rings. The number of likely N-dealkylation sites (tertiary alicyclic amines) is 1. The zero-order valence-corrected chi connectivity index (χ0v) is 21.3. The highest BCUT2D eigenvalue weighted by molar-refractivity contribution is 5.71. The Morgan fingerprint density at radius 3 is 2.49 bits per heavy atom. The van der Waals surface area contributed by atoms with E-state index in [9.17, 15) is 18.0 Å². The quantitative estimate of drug-likeness (QED) is 0.286. The normalized spacial score (nSPS) is 17.7. The number of benzene rings is 2. The highest BCUT2D eigenvalue weighted by Crippen LogP contribution is 2.41. The number of nitrogens with zero attached hydrogens (tertiary/aromatic N) is 2. The van der Waals surface area contributed by atoms with E-state index in [1.54, 1.807) is 18.3 Å². The molecule has 200 valence electrons. The van der Waals surface area contributed by atoms with Crippen LogP contribution in [0.15, 0.2) is 41.6 Å². The minimum atomic E-state index is -4.39. The number of hydrogen-bond donors (Lipinski definition) is 1. The van der Waals surface area contributed by atoms with Crippen molar-refractivity contribution in [2.45, 2.75) is 77.1 Å². The van der Waals surface area contributed by atoms with E-state index in [2.05, 4.69) is 29.1 Å². The SMILES string of the molecule is CCc1cc(C/C=N/OCc2ccc(C3CCCCC3)c(C(F)(F)F)c2)ccc1CN1CC(C(=O)O)C1. The molecule has 1 aliphatic carbocycles. The number of hydrogen-bond acceptors (Lipinski definition) is 4. The maximum Gasteiger partial charge on any atom is 0.416 e. The molecule has 0 radical (unpaired) electrons. The van der Waals surface area contributed by atoms with Gasteiger partial charge >= 0.3 is 12.1 Å². The molecule has 5 nitrogen and oxygen atoms in total. The van der Waals surface area contributed by atoms with Crippen molar-refractivity contribution in [1.82, 2.24) is 4.90 Å². The number of alkyl halides is 3. The maximum absolute atomic E-state index is 13.7. The lowest BCUT2D eigenvalue weighted by Crippen LogP contribution is -2.49. The van der Waals surface area contributed by atoms with E-state index in [4.69, 9.17) is 9.94 Å². The monoisotopic (exact) mass is 516 g/mol. The van der Waals surface area contributed by atoms with E-state index in [0.29, 0.717) is 30.6 Å². The first-order valence-corrected chi connectivity index (χ1v) is 13.1. The van der Waals surface area contributed by atoms with Crippen LogP contribution in [-0.2, 0) is 41.8 Å². The van der Waals surface area contributed by atoms with Crippen LogP contribution in [0.2, 0.25) is 0 Å². The number of halogens is 3. The molecular weight excluding hydrogens is 481 g/mol. The van der Waals surface area contributed by atoms with Crippen LogP contribution in [0.5, 0.6) is 0 Å². The smallest absolute Gasteiger partial charge is 0.416 e. The van der Waals surface area contributed by atoms with Gasteiger partial charge in [0.2, 0.25) is 0 Å². The standard InChI is InChI=1S/C29H35F3N2O3/c1-2-22-14-20(8-10-24(22)16-34-17-25(18-34)28(35)36)12-13-33-37-19-21-9-11-26(23-6-4-3-5-7-23)27(15-21)29(30,31)32/h8-11,13-15,23,25H,2-7,12,16-19H2,1H3,(H,35,36)/b33-13+. The number of carboxylic acids is 1. The highest BCUT2D eigenvalue weighted by atomic mass is 19.4. The van der Waals surface area contributed by atoms with E-state index in [1.165, 1.54) is 17.2 Å². The molecule has 1 saturated carbocycles. The molecule has 0 atom stereocenters. The topological polar surface area (TPSA) is 62.1 Å². The summed E-state index contributed by atoms with van der Waals surface area (Å²) in [6.45, 7) is 3.97. The maximum atomic E-state index is 13.7. The molecule has 2 aromatic carbocycles. The molecule has 0 aromatic heterocycles. The number of aryl methyl sites for hydroxylation is 1. The zero-order valence-electron chi connectivity index (χ0n) is 21.3. The van der Waals surface area contributed by atoms with Crippen molar-refractivity contribution in [3.8, 4) is 0 Å². The Labute approximate surface area is 216 Å². The zero-order chi connectivity index (χ0) is 26.4. The highest BCUT2D eigenvalue weighted by Gasteiger charge is 2.36. The molecular formula is C29H35F3N2O3. The summed E-state index contributed by atoms with van der Waals surface area (Å²) in [6, 6.07) is 10.8. The molecule has 0 spiro atoms. The van der Waals surface area contributed by atoms with Crippen molar-refractivity contribution in [2.24, 2.45) is 11.1 Å². The second-order valence-corrected chi connectivity index (χ2v) is 10.2. The third kappa shape index (κ3) is 7.12. The Hall–Kier alpha value is -2.87. The van der Waals surface area contributed by atoms with Gasteiger partial charge in [0.15, 0.2) is 0 Å². The van der Waals surface area contributed by atoms with Crippen LogP contribution in [-0.4, -0.2) is 35.3 Å². The Morgan fingerprint density at radius 1 is 1.08 bits per heavy atom. The van der Waals surface area contributed by atoms with Gasteiger partial charge in [-0.05, 0) is 59.1 Å². The van der Waals surface area contributed by atoms with Gasteiger partial charge < -0.3 is 9.94 Å². The first-order valence-electron chi connectivity index (χ1n) is 13.1. The summed E-state index contributed by atoms with van der Waals surface area (Å²) < 4.78 is 41.2. The first kappa shape index (κ1) is 27.2. The van der Waals surface area contributed by atoms with Gasteiger partial charge in [-0.25, -0.2) is 0 Å². The average molecular weight is 517 g/mol. The van der Waals surface area contributed by atoms with Gasteiger partial charge in [-0.15, -0.1) is 0 Å². The van der Waals surface area contributed by atoms with Gasteiger partial charge in [0.25, 0.3) is 0 Å². The van der Waals surface area contributed by atoms with E-state index in [-0.39, 0.29) is 18.4 Å². The summed E-state index contributed by atoms with van der Waals surface area (Å²) in [7, 11) is 0. The molecule has 2 fully saturated rings. The number of carboxylic acid groups (broad SMARTS) is 1. The molecule has 1 heterocycles. The average Bonchev–Trinajstić information content (AvgIpc) is 2.85. The number of rotatable bonds is 10. The van der Waals surface area contributed by atoms with Crippen LogP contribution in [0.3, 0.4) is 0 Å². The van der Waals surface area contributed by atoms with Crippen molar-refractivity contribution in [3.05, 3.63) is 69.8 Å². The van der Waals surface area contributed by atoms with Crippen LogP contribution in [0.25, 0.3) is 0 Å². The lowest BCUT2D eigenvalue weighted by molar-refractivity contribution is -0.147. The van der Waals surface area contributed by atoms with Gasteiger partial charge in [0.05, 0.1) is 11.5 Å². The van der Waals surface area contributed by atoms with Crippen molar-refractivity contribution < 1.29 is 27.9 Å². The second kappa shape index (κ2) is 12.1. The van der Waals surface area contributed by atoms with Gasteiger partial charge in [-0.3, -0.25) is 9.69 Å². The molecule has 37 heavy (non-hydrogen) atoms. The first-order chi connectivity index (χ1) is 17.7. The minimum Gasteiger partial charge on any atom is -0.481 e. The second-order valence-electron chi connectivity index (χ2n) is 10.2. The number of oxime groups is 1. The molecule has 2 aliphatic rings. The Bertz CT molecular complexity index is 1100. The van der Waals surface area contributed by atoms with Crippen LogP contribution in [0.1, 0.15) is 78.3 Å². The molecule has 1 N–H and O–H groups in total. The lowest BCUT2D eigenvalue weighted by Gasteiger charge is -2.37. The van der Waals surface area contributed by atoms with Crippen molar-refractivity contribution in [2.75, 3.05) is 13.1 Å². The molecule has 0 bridgehead atoms. The van der Waals surface area contributed by atoms with E-state index in [0.717, 1.165) is 50.6 Å². The van der Waals surface area contributed by atoms with E-state index < -0.39 is 17.7 Å². The summed E-state index contributed by atoms with van der Waals surface area (Å²) in [5, 5.41) is 13.0. The molecule has 0 unspecified atom stereocenters. The van der Waals surface area contributed by atoms with Crippen LogP contribution < -0.4 is 0 Å². The lowest BCUT2D eigenvalue weighted by atomic mass is 9.81. The van der Waals surface area contributed by atoms with Gasteiger partial charge in [0.1, 0.15) is 6.61 Å². The Kier molecular flexibility index (Phi) is 8.90. The Morgan fingerprint density at radius 2 is 1.81 bits per heavy atom. The van der Waals surface area contributed by atoms with Gasteiger partial charge in [-0.2, -0.15) is 13.2 Å². The molecule has 4 rings (SSSR count). The fourth-order valence-electron chi connectivity index (χ4n) is 5.40. The molecule has 1 aliphatic heterocycles. The molecule has 0 amide bonds. The van der Waals surface area contributed by atoms with E-state index in [1.807, 2.05) is 6.07 Å². The van der Waals surface area contributed by atoms with Crippen LogP contribution in [0.4, 0.5) is 13.2 Å².